The van der Waals surface area contributed by atoms with E-state index in [-0.39, 0.29) is 31.1 Å². The van der Waals surface area contributed by atoms with Crippen LogP contribution in [-0.2, 0) is 14.8 Å². The Morgan fingerprint density at radius 1 is 1.12 bits per heavy atom. The van der Waals surface area contributed by atoms with Crippen LogP contribution in [0.2, 0.25) is 0 Å². The predicted octanol–water partition coefficient (Wildman–Crippen LogP) is 2.39. The van der Waals surface area contributed by atoms with E-state index in [1.807, 2.05) is 6.92 Å². The molecular formula is C15H19F3N2O4S. The monoisotopic (exact) mass is 380 g/mol. The van der Waals surface area contributed by atoms with Gasteiger partial charge in [-0.1, -0.05) is 17.7 Å². The lowest BCUT2D eigenvalue weighted by molar-refractivity contribution is -0.199. The first-order chi connectivity index (χ1) is 11.5. The standard InChI is InChI=1S/C15H19F3N2O4S/c1-11-3-5-13(6-4-11)25(22,23)20-9-7-19(8-10-20)14(21)24-12(2)15(16,17)18/h3-6,12H,7-10H2,1-2H3. The van der Waals surface area contributed by atoms with E-state index in [0.29, 0.717) is 0 Å². The fraction of sp³-hybridized carbons (Fsp3) is 0.533. The lowest BCUT2D eigenvalue weighted by Gasteiger charge is -2.34. The minimum atomic E-state index is -4.63. The van der Waals surface area contributed by atoms with Crippen LogP contribution in [0.5, 0.6) is 0 Å². The predicted molar refractivity (Wildman–Crippen MR) is 83.5 cm³/mol. The Kier molecular flexibility index (Phi) is 5.62. The number of hydrogen-bond donors (Lipinski definition) is 0. The molecule has 1 atom stereocenters. The third-order valence-electron chi connectivity index (χ3n) is 3.89. The highest BCUT2D eigenvalue weighted by Crippen LogP contribution is 2.23. The van der Waals surface area contributed by atoms with Gasteiger partial charge < -0.3 is 9.64 Å². The van der Waals surface area contributed by atoms with Crippen molar-refractivity contribution in [2.75, 3.05) is 26.2 Å². The molecule has 0 N–H and O–H groups in total. The summed E-state index contributed by atoms with van der Waals surface area (Å²) in [6, 6.07) is 6.35. The van der Waals surface area contributed by atoms with Crippen molar-refractivity contribution in [3.05, 3.63) is 29.8 Å². The molecule has 10 heteroatoms. The highest BCUT2D eigenvalue weighted by Gasteiger charge is 2.40. The Bertz CT molecular complexity index is 711. The van der Waals surface area contributed by atoms with E-state index in [0.717, 1.165) is 17.4 Å². The van der Waals surface area contributed by atoms with Gasteiger partial charge in [0.15, 0.2) is 6.10 Å². The summed E-state index contributed by atoms with van der Waals surface area (Å²) in [4.78, 5) is 13.0. The average Bonchev–Trinajstić information content (AvgIpc) is 2.54. The van der Waals surface area contributed by atoms with E-state index in [4.69, 9.17) is 0 Å². The Morgan fingerprint density at radius 3 is 2.12 bits per heavy atom. The minimum absolute atomic E-state index is 0.00823. The number of carbonyl (C=O) groups excluding carboxylic acids is 1. The van der Waals surface area contributed by atoms with E-state index >= 15 is 0 Å². The summed E-state index contributed by atoms with van der Waals surface area (Å²) in [5.74, 6) is 0. The molecule has 1 fully saturated rings. The summed E-state index contributed by atoms with van der Waals surface area (Å²) in [5.41, 5.74) is 0.922. The van der Waals surface area contributed by atoms with E-state index in [1.165, 1.54) is 16.4 Å². The number of halogens is 3. The van der Waals surface area contributed by atoms with Gasteiger partial charge in [-0.05, 0) is 26.0 Å². The molecule has 1 aliphatic rings. The van der Waals surface area contributed by atoms with Gasteiger partial charge in [0.1, 0.15) is 0 Å². The summed E-state index contributed by atoms with van der Waals surface area (Å²) >= 11 is 0. The first-order valence-corrected chi connectivity index (χ1v) is 9.05. The number of ether oxygens (including phenoxy) is 1. The Labute approximate surface area is 144 Å². The first-order valence-electron chi connectivity index (χ1n) is 7.61. The fourth-order valence-corrected chi connectivity index (χ4v) is 3.69. The number of benzene rings is 1. The molecule has 1 aliphatic heterocycles. The maximum Gasteiger partial charge on any atom is 0.425 e. The molecule has 25 heavy (non-hydrogen) atoms. The molecule has 0 aromatic heterocycles. The van der Waals surface area contributed by atoms with Crippen molar-refractivity contribution in [2.24, 2.45) is 0 Å². The summed E-state index contributed by atoms with van der Waals surface area (Å²) in [5, 5.41) is 0. The molecule has 0 spiro atoms. The molecular weight excluding hydrogens is 361 g/mol. The SMILES string of the molecule is Cc1ccc(S(=O)(=O)N2CCN(C(=O)OC(C)C(F)(F)F)CC2)cc1. The number of nitrogens with zero attached hydrogens (tertiary/aromatic N) is 2. The van der Waals surface area contributed by atoms with Crippen LogP contribution < -0.4 is 0 Å². The van der Waals surface area contributed by atoms with Crippen LogP contribution in [0.1, 0.15) is 12.5 Å². The molecule has 0 aliphatic carbocycles. The molecule has 1 unspecified atom stereocenters. The largest absolute Gasteiger partial charge is 0.437 e. The third-order valence-corrected chi connectivity index (χ3v) is 5.81. The third kappa shape index (κ3) is 4.63. The number of hydrogen-bond acceptors (Lipinski definition) is 4. The molecule has 140 valence electrons. The van der Waals surface area contributed by atoms with Gasteiger partial charge in [0.05, 0.1) is 4.90 Å². The zero-order valence-corrected chi connectivity index (χ0v) is 14.6. The van der Waals surface area contributed by atoms with Gasteiger partial charge >= 0.3 is 12.3 Å². The number of piperazine rings is 1. The number of aryl methyl sites for hydroxylation is 1. The minimum Gasteiger partial charge on any atom is -0.437 e. The summed E-state index contributed by atoms with van der Waals surface area (Å²) in [7, 11) is -3.70. The quantitative estimate of drug-likeness (QED) is 0.808. The van der Waals surface area contributed by atoms with Crippen molar-refractivity contribution in [3.8, 4) is 0 Å². The van der Waals surface area contributed by atoms with E-state index in [1.54, 1.807) is 12.1 Å². The molecule has 0 saturated carbocycles. The van der Waals surface area contributed by atoms with Gasteiger partial charge in [-0.15, -0.1) is 0 Å². The normalized spacial score (nSPS) is 18.0. The second kappa shape index (κ2) is 7.20. The van der Waals surface area contributed by atoms with E-state index < -0.39 is 28.4 Å². The van der Waals surface area contributed by atoms with Crippen LogP contribution in [0.25, 0.3) is 0 Å². The maximum atomic E-state index is 12.5. The van der Waals surface area contributed by atoms with Gasteiger partial charge in [-0.2, -0.15) is 17.5 Å². The van der Waals surface area contributed by atoms with Crippen LogP contribution in [-0.4, -0.2) is 62.2 Å². The number of carbonyl (C=O) groups is 1. The Balaban J connectivity index is 1.97. The van der Waals surface area contributed by atoms with Crippen molar-refractivity contribution in [1.82, 2.24) is 9.21 Å². The molecule has 0 bridgehead atoms. The summed E-state index contributed by atoms with van der Waals surface area (Å²) in [6.07, 6.45) is -7.95. The average molecular weight is 380 g/mol. The lowest BCUT2D eigenvalue weighted by Crippen LogP contribution is -2.51. The van der Waals surface area contributed by atoms with Gasteiger partial charge in [0.25, 0.3) is 0 Å². The van der Waals surface area contributed by atoms with Crippen LogP contribution in [0, 0.1) is 6.92 Å². The van der Waals surface area contributed by atoms with Gasteiger partial charge in [-0.3, -0.25) is 0 Å². The molecule has 6 nitrogen and oxygen atoms in total. The molecule has 1 aromatic rings. The van der Waals surface area contributed by atoms with Crippen molar-refractivity contribution < 1.29 is 31.1 Å². The molecule has 1 heterocycles. The Morgan fingerprint density at radius 2 is 1.64 bits per heavy atom. The molecule has 2 rings (SSSR count). The second-order valence-electron chi connectivity index (χ2n) is 5.77. The van der Waals surface area contributed by atoms with Gasteiger partial charge in [-0.25, -0.2) is 13.2 Å². The maximum absolute atomic E-state index is 12.5. The smallest absolute Gasteiger partial charge is 0.425 e. The molecule has 1 amide bonds. The lowest BCUT2D eigenvalue weighted by atomic mass is 10.2. The van der Waals surface area contributed by atoms with Crippen LogP contribution >= 0.6 is 0 Å². The van der Waals surface area contributed by atoms with Crippen LogP contribution in [0.4, 0.5) is 18.0 Å². The van der Waals surface area contributed by atoms with Gasteiger partial charge in [0.2, 0.25) is 10.0 Å². The summed E-state index contributed by atoms with van der Waals surface area (Å²) < 4.78 is 67.9. The summed E-state index contributed by atoms with van der Waals surface area (Å²) in [6.45, 7) is 2.50. The zero-order chi connectivity index (χ0) is 18.8. The van der Waals surface area contributed by atoms with E-state index in [2.05, 4.69) is 4.74 Å². The number of rotatable bonds is 3. The molecule has 0 radical (unpaired) electrons. The number of sulfonamides is 1. The number of amides is 1. The Hall–Kier alpha value is -1.81. The number of alkyl halides is 3. The fourth-order valence-electron chi connectivity index (χ4n) is 2.26. The topological polar surface area (TPSA) is 66.9 Å². The zero-order valence-electron chi connectivity index (χ0n) is 13.8. The molecule has 1 aromatic carbocycles. The van der Waals surface area contributed by atoms with Crippen molar-refractivity contribution in [2.45, 2.75) is 31.0 Å². The van der Waals surface area contributed by atoms with Crippen molar-refractivity contribution >= 4 is 16.1 Å². The van der Waals surface area contributed by atoms with Crippen LogP contribution in [0.15, 0.2) is 29.2 Å². The second-order valence-corrected chi connectivity index (χ2v) is 7.71. The molecule has 1 saturated heterocycles. The first kappa shape index (κ1) is 19.5. The highest BCUT2D eigenvalue weighted by atomic mass is 32.2. The van der Waals surface area contributed by atoms with Crippen LogP contribution in [0.3, 0.4) is 0 Å². The van der Waals surface area contributed by atoms with Crippen molar-refractivity contribution in [3.63, 3.8) is 0 Å². The van der Waals surface area contributed by atoms with Gasteiger partial charge in [0, 0.05) is 26.2 Å². The van der Waals surface area contributed by atoms with Crippen molar-refractivity contribution in [1.29, 1.82) is 0 Å². The highest BCUT2D eigenvalue weighted by molar-refractivity contribution is 7.89. The van der Waals surface area contributed by atoms with E-state index in [9.17, 15) is 26.4 Å².